The minimum atomic E-state index is -0.815. The molecule has 0 bridgehead atoms. The van der Waals surface area contributed by atoms with Crippen LogP contribution in [0.5, 0.6) is 0 Å². The van der Waals surface area contributed by atoms with Crippen molar-refractivity contribution >= 4 is 30.3 Å². The van der Waals surface area contributed by atoms with E-state index in [1.807, 2.05) is 0 Å². The van der Waals surface area contributed by atoms with Gasteiger partial charge in [-0.2, -0.15) is 0 Å². The van der Waals surface area contributed by atoms with Crippen LogP contribution in [0.4, 0.5) is 4.79 Å². The fourth-order valence-corrected chi connectivity index (χ4v) is 3.22. The number of halogens is 1. The Kier molecular flexibility index (Phi) is 4.67. The molecule has 0 aromatic carbocycles. The number of amides is 4. The number of nitrogens with one attached hydrogen (secondary N) is 2. The van der Waals surface area contributed by atoms with Crippen LogP contribution < -0.4 is 10.6 Å². The molecule has 22 heavy (non-hydrogen) atoms. The minimum absolute atomic E-state index is 0. The number of urea groups is 1. The molecule has 0 radical (unpaired) electrons. The molecule has 0 spiro atoms. The van der Waals surface area contributed by atoms with E-state index < -0.39 is 11.6 Å². The van der Waals surface area contributed by atoms with Gasteiger partial charge in [0.25, 0.3) is 5.91 Å². The zero-order valence-corrected chi connectivity index (χ0v) is 13.7. The third-order valence-electron chi connectivity index (χ3n) is 4.96. The summed E-state index contributed by atoms with van der Waals surface area (Å²) in [7, 11) is 1.73. The van der Waals surface area contributed by atoms with Gasteiger partial charge in [-0.1, -0.05) is 0 Å². The fraction of sp³-hybridized carbons (Fsp3) is 0.786. The molecule has 2 unspecified atom stereocenters. The molecule has 3 fully saturated rings. The molecule has 2 saturated heterocycles. The van der Waals surface area contributed by atoms with Crippen LogP contribution in [0.1, 0.15) is 26.2 Å². The van der Waals surface area contributed by atoms with E-state index in [0.717, 1.165) is 37.3 Å². The van der Waals surface area contributed by atoms with Gasteiger partial charge in [-0.05, 0) is 38.6 Å². The Bertz CT molecular complexity index is 490. The van der Waals surface area contributed by atoms with Crippen molar-refractivity contribution in [2.24, 2.45) is 5.92 Å². The maximum absolute atomic E-state index is 12.5. The van der Waals surface area contributed by atoms with E-state index in [1.165, 1.54) is 0 Å². The monoisotopic (exact) mass is 330 g/mol. The Morgan fingerprint density at radius 2 is 2.05 bits per heavy atom. The maximum Gasteiger partial charge on any atom is 0.325 e. The molecule has 124 valence electrons. The Labute approximate surface area is 136 Å². The number of nitrogens with zero attached hydrogens (tertiary/aromatic N) is 2. The van der Waals surface area contributed by atoms with E-state index in [0.29, 0.717) is 0 Å². The number of likely N-dealkylation sites (N-methyl/N-ethyl adjacent to an activating group) is 1. The minimum Gasteiger partial charge on any atom is -0.340 e. The van der Waals surface area contributed by atoms with E-state index in [2.05, 4.69) is 10.6 Å². The summed E-state index contributed by atoms with van der Waals surface area (Å²) >= 11 is 0. The normalized spacial score (nSPS) is 31.0. The first-order valence-electron chi connectivity index (χ1n) is 7.54. The molecule has 8 heteroatoms. The van der Waals surface area contributed by atoms with Crippen molar-refractivity contribution in [3.05, 3.63) is 0 Å². The summed E-state index contributed by atoms with van der Waals surface area (Å²) in [5.41, 5.74) is -0.815. The molecule has 0 aromatic rings. The molecule has 0 aromatic heterocycles. The number of carbonyl (C=O) groups is 3. The first-order chi connectivity index (χ1) is 9.93. The van der Waals surface area contributed by atoms with Crippen molar-refractivity contribution in [3.8, 4) is 0 Å². The van der Waals surface area contributed by atoms with Gasteiger partial charge in [0.05, 0.1) is 0 Å². The highest BCUT2D eigenvalue weighted by molar-refractivity contribution is 6.09. The third kappa shape index (κ3) is 2.79. The van der Waals surface area contributed by atoms with Gasteiger partial charge in [0, 0.05) is 19.6 Å². The van der Waals surface area contributed by atoms with Crippen molar-refractivity contribution in [3.63, 3.8) is 0 Å². The summed E-state index contributed by atoms with van der Waals surface area (Å²) in [4.78, 5) is 39.5. The molecule has 1 aliphatic carbocycles. The number of hydrogen-bond acceptors (Lipinski definition) is 4. The number of carbonyl (C=O) groups excluding carboxylic acids is 3. The Morgan fingerprint density at radius 3 is 2.59 bits per heavy atom. The van der Waals surface area contributed by atoms with E-state index in [4.69, 9.17) is 0 Å². The van der Waals surface area contributed by atoms with Gasteiger partial charge >= 0.3 is 6.03 Å². The van der Waals surface area contributed by atoms with Gasteiger partial charge < -0.3 is 15.5 Å². The Hall–Kier alpha value is -1.34. The van der Waals surface area contributed by atoms with Crippen molar-refractivity contribution in [2.45, 2.75) is 37.8 Å². The van der Waals surface area contributed by atoms with Gasteiger partial charge in [-0.25, -0.2) is 4.79 Å². The topological polar surface area (TPSA) is 81.8 Å². The highest BCUT2D eigenvalue weighted by Gasteiger charge is 2.56. The lowest BCUT2D eigenvalue weighted by molar-refractivity contribution is -0.139. The molecule has 2 N–H and O–H groups in total. The number of hydrogen-bond donors (Lipinski definition) is 2. The first-order valence-corrected chi connectivity index (χ1v) is 7.54. The smallest absolute Gasteiger partial charge is 0.325 e. The highest BCUT2D eigenvalue weighted by atomic mass is 35.5. The number of rotatable bonds is 4. The first kappa shape index (κ1) is 17.0. The lowest BCUT2D eigenvalue weighted by Gasteiger charge is -2.26. The Morgan fingerprint density at radius 1 is 1.36 bits per heavy atom. The molecule has 3 aliphatic rings. The SMILES string of the molecule is CN(C(=O)CN1C(=O)NC(C)(C2CC2)C1=O)C1CCNC1.Cl. The van der Waals surface area contributed by atoms with Crippen LogP contribution >= 0.6 is 12.4 Å². The molecule has 2 aliphatic heterocycles. The predicted octanol–water partition coefficient (Wildman–Crippen LogP) is -0.0510. The standard InChI is InChI=1S/C14H22N4O3.ClH/c1-14(9-3-4-9)12(20)18(13(21)16-14)8-11(19)17(2)10-5-6-15-7-10;/h9-10,15H,3-8H2,1-2H3,(H,16,21);1H. The fourth-order valence-electron chi connectivity index (χ4n) is 3.22. The summed E-state index contributed by atoms with van der Waals surface area (Å²) in [6.45, 7) is 3.26. The third-order valence-corrected chi connectivity index (χ3v) is 4.96. The van der Waals surface area contributed by atoms with Crippen molar-refractivity contribution in [1.29, 1.82) is 0 Å². The summed E-state index contributed by atoms with van der Waals surface area (Å²) < 4.78 is 0. The van der Waals surface area contributed by atoms with Gasteiger partial charge in [-0.15, -0.1) is 12.4 Å². The second-order valence-corrected chi connectivity index (χ2v) is 6.45. The molecule has 2 atom stereocenters. The zero-order chi connectivity index (χ0) is 15.2. The van der Waals surface area contributed by atoms with Crippen LogP contribution in [0.25, 0.3) is 0 Å². The van der Waals surface area contributed by atoms with Crippen LogP contribution in [-0.4, -0.2) is 65.9 Å². The van der Waals surface area contributed by atoms with E-state index >= 15 is 0 Å². The highest BCUT2D eigenvalue weighted by Crippen LogP contribution is 2.42. The average Bonchev–Trinajstić information content (AvgIpc) is 3.13. The zero-order valence-electron chi connectivity index (χ0n) is 12.9. The van der Waals surface area contributed by atoms with Crippen LogP contribution in [0.3, 0.4) is 0 Å². The van der Waals surface area contributed by atoms with Crippen LogP contribution in [0.15, 0.2) is 0 Å². The van der Waals surface area contributed by atoms with Crippen LogP contribution in [0, 0.1) is 5.92 Å². The van der Waals surface area contributed by atoms with Crippen LogP contribution in [-0.2, 0) is 9.59 Å². The summed E-state index contributed by atoms with van der Waals surface area (Å²) in [6, 6.07) is -0.297. The lowest BCUT2D eigenvalue weighted by atomic mass is 9.96. The molecular formula is C14H23ClN4O3. The van der Waals surface area contributed by atoms with Crippen molar-refractivity contribution in [1.82, 2.24) is 20.4 Å². The summed E-state index contributed by atoms with van der Waals surface area (Å²) in [5.74, 6) is -0.237. The summed E-state index contributed by atoms with van der Waals surface area (Å²) in [6.07, 6.45) is 2.82. The molecule has 3 rings (SSSR count). The Balaban J connectivity index is 0.00000176. The number of imide groups is 1. The van der Waals surface area contributed by atoms with Gasteiger partial charge in [-0.3, -0.25) is 14.5 Å². The molecular weight excluding hydrogens is 308 g/mol. The molecule has 2 heterocycles. The van der Waals surface area contributed by atoms with Gasteiger partial charge in [0.15, 0.2) is 0 Å². The van der Waals surface area contributed by atoms with E-state index in [1.54, 1.807) is 18.9 Å². The maximum atomic E-state index is 12.5. The second-order valence-electron chi connectivity index (χ2n) is 6.45. The lowest BCUT2D eigenvalue weighted by Crippen LogP contribution is -2.48. The van der Waals surface area contributed by atoms with Gasteiger partial charge in [0.2, 0.25) is 5.91 Å². The quantitative estimate of drug-likeness (QED) is 0.708. The van der Waals surface area contributed by atoms with E-state index in [9.17, 15) is 14.4 Å². The largest absolute Gasteiger partial charge is 0.340 e. The average molecular weight is 331 g/mol. The second kappa shape index (κ2) is 6.04. The predicted molar refractivity (Wildman–Crippen MR) is 82.7 cm³/mol. The molecule has 7 nitrogen and oxygen atoms in total. The summed E-state index contributed by atoms with van der Waals surface area (Å²) in [5, 5.41) is 5.96. The molecule has 1 saturated carbocycles. The van der Waals surface area contributed by atoms with Crippen molar-refractivity contribution in [2.75, 3.05) is 26.7 Å². The molecule has 4 amide bonds. The van der Waals surface area contributed by atoms with E-state index in [-0.39, 0.29) is 42.7 Å². The van der Waals surface area contributed by atoms with Gasteiger partial charge in [0.1, 0.15) is 12.1 Å². The van der Waals surface area contributed by atoms with Crippen molar-refractivity contribution < 1.29 is 14.4 Å². The van der Waals surface area contributed by atoms with Crippen LogP contribution in [0.2, 0.25) is 0 Å².